The number of amides is 1. The maximum absolute atomic E-state index is 12.5. The standard InChI is InChI=1S/C19H16ClN2O/c20-15-6-4-13(5-7-15)12-22-11-10-14-2-1-3-17(18(14)22)19(23)21-16-8-9-16/h1-8,10-11,16H,9,12H2,(H,21,23). The lowest BCUT2D eigenvalue weighted by Crippen LogP contribution is -2.26. The Labute approximate surface area is 139 Å². The van der Waals surface area contributed by atoms with Gasteiger partial charge >= 0.3 is 0 Å². The number of fused-ring (bicyclic) bond motifs is 1. The van der Waals surface area contributed by atoms with Gasteiger partial charge in [-0.25, -0.2) is 0 Å². The van der Waals surface area contributed by atoms with Gasteiger partial charge < -0.3 is 9.88 Å². The number of nitrogens with zero attached hydrogens (tertiary/aromatic N) is 1. The van der Waals surface area contributed by atoms with E-state index in [0.29, 0.717) is 6.54 Å². The predicted octanol–water partition coefficient (Wildman–Crippen LogP) is 4.05. The summed E-state index contributed by atoms with van der Waals surface area (Å²) in [7, 11) is 0. The first kappa shape index (κ1) is 14.3. The topological polar surface area (TPSA) is 34.0 Å². The highest BCUT2D eigenvalue weighted by Gasteiger charge is 2.25. The van der Waals surface area contributed by atoms with Gasteiger partial charge in [-0.3, -0.25) is 4.79 Å². The molecule has 1 aliphatic carbocycles. The molecule has 1 fully saturated rings. The molecule has 4 rings (SSSR count). The molecule has 2 aromatic carbocycles. The third kappa shape index (κ3) is 2.97. The molecule has 0 saturated heterocycles. The molecule has 1 atom stereocenters. The summed E-state index contributed by atoms with van der Waals surface area (Å²) in [6.45, 7) is 0.709. The molecule has 1 aromatic heterocycles. The first-order chi connectivity index (χ1) is 11.2. The van der Waals surface area contributed by atoms with Crippen LogP contribution < -0.4 is 5.32 Å². The van der Waals surface area contributed by atoms with E-state index in [2.05, 4.69) is 16.3 Å². The van der Waals surface area contributed by atoms with Crippen molar-refractivity contribution in [2.45, 2.75) is 19.0 Å². The van der Waals surface area contributed by atoms with Crippen LogP contribution in [0.1, 0.15) is 22.3 Å². The highest BCUT2D eigenvalue weighted by Crippen LogP contribution is 2.24. The Kier molecular flexibility index (Phi) is 3.58. The third-order valence-electron chi connectivity index (χ3n) is 4.09. The molecule has 1 radical (unpaired) electrons. The van der Waals surface area contributed by atoms with Crippen molar-refractivity contribution in [3.63, 3.8) is 0 Å². The SMILES string of the molecule is O=C(NC1[CH]C1)c1cccc2ccn(Cc3ccc(Cl)cc3)c12. The summed E-state index contributed by atoms with van der Waals surface area (Å²) in [6, 6.07) is 15.9. The van der Waals surface area contributed by atoms with Gasteiger partial charge in [-0.05, 0) is 42.7 Å². The smallest absolute Gasteiger partial charge is 0.253 e. The largest absolute Gasteiger partial charge is 0.349 e. The number of rotatable bonds is 4. The van der Waals surface area contributed by atoms with Gasteiger partial charge in [-0.1, -0.05) is 35.9 Å². The van der Waals surface area contributed by atoms with E-state index < -0.39 is 0 Å². The van der Waals surface area contributed by atoms with Gasteiger partial charge in [0, 0.05) is 29.2 Å². The predicted molar refractivity (Wildman–Crippen MR) is 92.7 cm³/mol. The van der Waals surface area contributed by atoms with Crippen LogP contribution in [0.4, 0.5) is 0 Å². The molecule has 1 N–H and O–H groups in total. The monoisotopic (exact) mass is 323 g/mol. The zero-order chi connectivity index (χ0) is 15.8. The van der Waals surface area contributed by atoms with E-state index in [1.165, 1.54) is 0 Å². The molecule has 0 bridgehead atoms. The van der Waals surface area contributed by atoms with Crippen molar-refractivity contribution in [3.8, 4) is 0 Å². The number of carbonyl (C=O) groups is 1. The molecule has 3 aromatic rings. The second kappa shape index (κ2) is 5.74. The second-order valence-corrected chi connectivity index (χ2v) is 6.30. The Bertz CT molecular complexity index is 863. The molecule has 0 spiro atoms. The summed E-state index contributed by atoms with van der Waals surface area (Å²) >= 11 is 5.95. The normalized spacial score (nSPS) is 14.1. The van der Waals surface area contributed by atoms with E-state index in [9.17, 15) is 4.79 Å². The van der Waals surface area contributed by atoms with E-state index >= 15 is 0 Å². The fraction of sp³-hybridized carbons (Fsp3) is 0.158. The van der Waals surface area contributed by atoms with Gasteiger partial charge in [-0.2, -0.15) is 0 Å². The summed E-state index contributed by atoms with van der Waals surface area (Å²) in [4.78, 5) is 12.5. The van der Waals surface area contributed by atoms with E-state index in [1.807, 2.05) is 54.7 Å². The molecule has 1 unspecified atom stereocenters. The Hall–Kier alpha value is -2.26. The number of carbonyl (C=O) groups excluding carboxylic acids is 1. The lowest BCUT2D eigenvalue weighted by Gasteiger charge is -2.10. The first-order valence-corrected chi connectivity index (χ1v) is 8.05. The van der Waals surface area contributed by atoms with Crippen LogP contribution in [0.5, 0.6) is 0 Å². The lowest BCUT2D eigenvalue weighted by atomic mass is 10.1. The summed E-state index contributed by atoms with van der Waals surface area (Å²) in [5, 5.41) is 4.83. The van der Waals surface area contributed by atoms with Crippen molar-refractivity contribution in [1.29, 1.82) is 0 Å². The van der Waals surface area contributed by atoms with Crippen LogP contribution in [-0.4, -0.2) is 16.5 Å². The Morgan fingerprint density at radius 2 is 1.96 bits per heavy atom. The van der Waals surface area contributed by atoms with E-state index in [-0.39, 0.29) is 11.9 Å². The van der Waals surface area contributed by atoms with Crippen molar-refractivity contribution in [1.82, 2.24) is 9.88 Å². The van der Waals surface area contributed by atoms with Crippen molar-refractivity contribution < 1.29 is 4.79 Å². The van der Waals surface area contributed by atoms with Gasteiger partial charge in [0.2, 0.25) is 0 Å². The molecule has 4 heteroatoms. The Morgan fingerprint density at radius 3 is 2.70 bits per heavy atom. The minimum Gasteiger partial charge on any atom is -0.349 e. The minimum atomic E-state index is -0.00888. The maximum atomic E-state index is 12.5. The van der Waals surface area contributed by atoms with Gasteiger partial charge in [0.25, 0.3) is 5.91 Å². The fourth-order valence-corrected chi connectivity index (χ4v) is 2.92. The van der Waals surface area contributed by atoms with Crippen molar-refractivity contribution in [2.75, 3.05) is 0 Å². The van der Waals surface area contributed by atoms with Crippen LogP contribution in [0.15, 0.2) is 54.7 Å². The number of hydrogen-bond donors (Lipinski definition) is 1. The average Bonchev–Trinajstić information content (AvgIpc) is 3.28. The molecule has 1 aliphatic rings. The van der Waals surface area contributed by atoms with Crippen LogP contribution >= 0.6 is 11.6 Å². The maximum Gasteiger partial charge on any atom is 0.253 e. The van der Waals surface area contributed by atoms with Crippen molar-refractivity contribution in [3.05, 3.63) is 77.3 Å². The number of benzene rings is 2. The number of nitrogens with one attached hydrogen (secondary N) is 1. The van der Waals surface area contributed by atoms with Crippen molar-refractivity contribution >= 4 is 28.4 Å². The first-order valence-electron chi connectivity index (χ1n) is 7.67. The van der Waals surface area contributed by atoms with E-state index in [1.54, 1.807) is 0 Å². The lowest BCUT2D eigenvalue weighted by molar-refractivity contribution is 0.0953. The molecule has 1 heterocycles. The average molecular weight is 324 g/mol. The summed E-state index contributed by atoms with van der Waals surface area (Å²) < 4.78 is 2.12. The van der Waals surface area contributed by atoms with Gasteiger partial charge in [-0.15, -0.1) is 0 Å². The highest BCUT2D eigenvalue weighted by molar-refractivity contribution is 6.30. The molecule has 3 nitrogen and oxygen atoms in total. The second-order valence-electron chi connectivity index (χ2n) is 5.86. The fourth-order valence-electron chi connectivity index (χ4n) is 2.79. The summed E-state index contributed by atoms with van der Waals surface area (Å²) in [5.41, 5.74) is 2.85. The zero-order valence-corrected chi connectivity index (χ0v) is 13.3. The molecule has 1 amide bonds. The van der Waals surface area contributed by atoms with Crippen LogP contribution in [-0.2, 0) is 6.54 Å². The zero-order valence-electron chi connectivity index (χ0n) is 12.5. The quantitative estimate of drug-likeness (QED) is 0.772. The van der Waals surface area contributed by atoms with Gasteiger partial charge in [0.15, 0.2) is 0 Å². The molecule has 23 heavy (non-hydrogen) atoms. The molecular formula is C19H16ClN2O. The molecule has 115 valence electrons. The number of hydrogen-bond acceptors (Lipinski definition) is 1. The molecule has 1 saturated carbocycles. The van der Waals surface area contributed by atoms with Crippen molar-refractivity contribution in [2.24, 2.45) is 0 Å². The third-order valence-corrected chi connectivity index (χ3v) is 4.34. The molecule has 0 aliphatic heterocycles. The van der Waals surface area contributed by atoms with Crippen LogP contribution in [0.3, 0.4) is 0 Å². The van der Waals surface area contributed by atoms with E-state index in [0.717, 1.165) is 33.5 Å². The molecular weight excluding hydrogens is 308 g/mol. The van der Waals surface area contributed by atoms with Gasteiger partial charge in [0.05, 0.1) is 11.1 Å². The highest BCUT2D eigenvalue weighted by atomic mass is 35.5. The summed E-state index contributed by atoms with van der Waals surface area (Å²) in [6.07, 6.45) is 5.08. The van der Waals surface area contributed by atoms with E-state index in [4.69, 9.17) is 11.6 Å². The van der Waals surface area contributed by atoms with Crippen LogP contribution in [0.2, 0.25) is 5.02 Å². The number of para-hydroxylation sites is 1. The Balaban J connectivity index is 1.71. The number of aromatic nitrogens is 1. The minimum absolute atomic E-state index is 0.00888. The Morgan fingerprint density at radius 1 is 1.17 bits per heavy atom. The number of halogens is 1. The van der Waals surface area contributed by atoms with Gasteiger partial charge in [0.1, 0.15) is 0 Å². The van der Waals surface area contributed by atoms with Crippen LogP contribution in [0.25, 0.3) is 10.9 Å². The van der Waals surface area contributed by atoms with Crippen LogP contribution in [0, 0.1) is 6.42 Å². The summed E-state index contributed by atoms with van der Waals surface area (Å²) in [5.74, 6) is -0.00888.